The van der Waals surface area contributed by atoms with Gasteiger partial charge in [-0.25, -0.2) is 7.11 Å². The third kappa shape index (κ3) is 26200. The minimum atomic E-state index is 0. The molecule has 0 heterocycles. The van der Waals surface area contributed by atoms with Crippen LogP contribution in [0.3, 0.4) is 0 Å². The summed E-state index contributed by atoms with van der Waals surface area (Å²) in [5, 5.41) is 6.75. The van der Waals surface area contributed by atoms with Crippen molar-refractivity contribution in [3.63, 3.8) is 0 Å². The molecule has 7 nitrogen and oxygen atoms in total. The second-order valence-electron chi connectivity index (χ2n) is 0. The Labute approximate surface area is 135 Å². The van der Waals surface area contributed by atoms with Gasteiger partial charge in [-0.2, -0.15) is 0 Å². The average Bonchev–Trinajstić information content (AvgIpc) is 2.33. The van der Waals surface area contributed by atoms with Crippen LogP contribution in [0.25, 0.3) is 0 Å². The van der Waals surface area contributed by atoms with Gasteiger partial charge in [0, 0.05) is 0 Å². The van der Waals surface area contributed by atoms with E-state index in [1.54, 1.807) is 0 Å². The maximum atomic E-state index is 7.50. The van der Waals surface area contributed by atoms with E-state index in [4.69, 9.17) is 28.4 Å². The van der Waals surface area contributed by atoms with Gasteiger partial charge in [-0.05, 0) is 0 Å². The van der Waals surface area contributed by atoms with Gasteiger partial charge in [-0.15, -0.1) is 0 Å². The first-order valence-corrected chi connectivity index (χ1v) is 1.34. The molecule has 0 bridgehead atoms. The van der Waals surface area contributed by atoms with Crippen LogP contribution < -0.4 is 0 Å². The van der Waals surface area contributed by atoms with Gasteiger partial charge in [0.1, 0.15) is 0 Å². The molecule has 0 unspecified atom stereocenters. The van der Waals surface area contributed by atoms with Crippen LogP contribution in [0.2, 0.25) is 0 Å². The molecule has 0 aromatic heterocycles. The zero-order valence-electron chi connectivity index (χ0n) is 7.80. The quantitative estimate of drug-likeness (QED) is 0.184. The first-order valence-electron chi connectivity index (χ1n) is 1.34. The number of hydrogen-bond acceptors (Lipinski definition) is 3. The molecular formula is C6H7Fe2O7S2+5. The van der Waals surface area contributed by atoms with E-state index in [9.17, 15) is 0 Å². The molecule has 0 aromatic rings. The predicted octanol–water partition coefficient (Wildman–Crippen LogP) is -1.41. The Kier molecular flexibility index (Phi) is 202000. The fourth-order valence-electron chi connectivity index (χ4n) is 0. The van der Waals surface area contributed by atoms with Crippen LogP contribution in [-0.2, 0) is 84.4 Å². The second-order valence-corrected chi connectivity index (χ2v) is 0. The smallest absolute Gasteiger partial charge is 0.813 e. The first kappa shape index (κ1) is 115. The summed E-state index contributed by atoms with van der Waals surface area (Å²) in [6.07, 6.45) is 0. The molecule has 0 aliphatic rings. The standard InChI is InChI=1S/CH3O.5CO.2Fe.H2O.2H2S/c6*1-2;;;;;/h2H,1H2;;;;;;;;3*1H2/q-1;;;;;;+2;+6;;;/p-2. The fraction of sp³-hybridized carbons (Fsp3) is 0. The van der Waals surface area contributed by atoms with Gasteiger partial charge in [-0.3, -0.25) is 0 Å². The molecule has 3 N–H and O–H groups in total. The van der Waals surface area contributed by atoms with Crippen LogP contribution in [-0.4, -0.2) is 10.6 Å². The van der Waals surface area contributed by atoms with Crippen LogP contribution in [0, 0.1) is 40.4 Å². The van der Waals surface area contributed by atoms with Crippen molar-refractivity contribution in [2.24, 2.45) is 0 Å². The van der Waals surface area contributed by atoms with Gasteiger partial charge < -0.3 is 37.6 Å². The van der Waals surface area contributed by atoms with Gasteiger partial charge in [0.05, 0.1) is 0 Å². The summed E-state index contributed by atoms with van der Waals surface area (Å²) in [6.45, 7) is 22.5. The molecule has 0 aromatic carbocycles. The molecule has 0 atom stereocenters. The van der Waals surface area contributed by atoms with E-state index in [-0.39, 0.29) is 66.6 Å². The number of thiol groups is 2. The zero-order valence-corrected chi connectivity index (χ0v) is 11.8. The molecule has 0 saturated heterocycles. The normalized spacial score (nSPS) is 0.941. The third-order valence-electron chi connectivity index (χ3n) is 0. The minimum Gasteiger partial charge on any atom is -0.813 e. The van der Waals surface area contributed by atoms with Crippen LogP contribution >= 0.6 is 0 Å². The molecule has 96 valence electrons. The van der Waals surface area contributed by atoms with E-state index in [0.29, 0.717) is 0 Å². The van der Waals surface area contributed by atoms with Crippen molar-refractivity contribution >= 4 is 27.0 Å². The Morgan fingerprint density at radius 2 is 0.588 bits per heavy atom. The maximum absolute atomic E-state index is 7.50. The summed E-state index contributed by atoms with van der Waals surface area (Å²) < 4.78 is 37.5. The van der Waals surface area contributed by atoms with Gasteiger partial charge in [0.15, 0.2) is 0 Å². The van der Waals surface area contributed by atoms with Crippen LogP contribution in [0.15, 0.2) is 0 Å². The topological polar surface area (TPSA) is 151 Å². The fourth-order valence-corrected chi connectivity index (χ4v) is 0. The second kappa shape index (κ2) is 29900. The van der Waals surface area contributed by atoms with Gasteiger partial charge >= 0.3 is 90.7 Å². The Balaban J connectivity index is -0.00000000267. The van der Waals surface area contributed by atoms with E-state index in [1.165, 1.54) is 0 Å². The first-order chi connectivity index (χ1) is 6.00. The van der Waals surface area contributed by atoms with Crippen LogP contribution in [0.4, 0.5) is 0 Å². The molecule has 0 spiro atoms. The molecule has 0 saturated carbocycles. The van der Waals surface area contributed by atoms with Crippen LogP contribution in [0.1, 0.15) is 0 Å². The van der Waals surface area contributed by atoms with E-state index in [1.807, 2.05) is 0 Å². The molecule has 17 heavy (non-hydrogen) atoms. The Morgan fingerprint density at radius 1 is 0.588 bits per heavy atom. The van der Waals surface area contributed by atoms with E-state index < -0.39 is 0 Å². The van der Waals surface area contributed by atoms with Crippen LogP contribution in [0.5, 0.6) is 0 Å². The van der Waals surface area contributed by atoms with Crippen molar-refractivity contribution < 1.29 is 68.0 Å². The molecule has 0 radical (unpaired) electrons. The summed E-state index contributed by atoms with van der Waals surface area (Å²) in [5.74, 6) is 0. The molecular weight excluding hydrogens is 360 g/mol. The largest absolute Gasteiger partial charge is 6.00 e. The Bertz CT molecular complexity index is 88.9. The van der Waals surface area contributed by atoms with Crippen molar-refractivity contribution in [3.8, 4) is 0 Å². The van der Waals surface area contributed by atoms with Crippen molar-refractivity contribution in [2.45, 2.75) is 0 Å². The van der Waals surface area contributed by atoms with E-state index >= 15 is 0 Å². The SMILES string of the molecule is O.[C-]#[O+].[C-]#[O+].[C-]#[O+].[C-]#[O+].[C-]#[O+].[CH2-]O.[Fe+2].[Fe+6].[SH-].[SH-]. The number of hydrogen-bond donors (Lipinski definition) is 1. The van der Waals surface area contributed by atoms with Crippen molar-refractivity contribution in [3.05, 3.63) is 40.4 Å². The molecule has 0 rings (SSSR count). The van der Waals surface area contributed by atoms with E-state index in [2.05, 4.69) is 40.4 Å². The monoisotopic (exact) mass is 367 g/mol. The van der Waals surface area contributed by atoms with Gasteiger partial charge in [-0.1, -0.05) is 0 Å². The number of aliphatic hydroxyl groups excluding tert-OH is 1. The maximum Gasteiger partial charge on any atom is 6.00 e. The molecule has 11 heteroatoms. The molecule has 0 fully saturated rings. The van der Waals surface area contributed by atoms with E-state index in [0.717, 1.165) is 0 Å². The van der Waals surface area contributed by atoms with Crippen molar-refractivity contribution in [1.29, 1.82) is 0 Å². The van der Waals surface area contributed by atoms with Gasteiger partial charge in [0.25, 0.3) is 0 Å². The Hall–Kier alpha value is 0.359. The predicted molar refractivity (Wildman–Crippen MR) is 48.1 cm³/mol. The van der Waals surface area contributed by atoms with Gasteiger partial charge in [0.2, 0.25) is 0 Å². The summed E-state index contributed by atoms with van der Waals surface area (Å²) in [7, 11) is 2.25. The summed E-state index contributed by atoms with van der Waals surface area (Å²) in [5.41, 5.74) is 0. The Morgan fingerprint density at radius 3 is 0.588 bits per heavy atom. The molecule has 0 aliphatic carbocycles. The van der Waals surface area contributed by atoms with Crippen molar-refractivity contribution in [1.82, 2.24) is 0 Å². The minimum absolute atomic E-state index is 0. The summed E-state index contributed by atoms with van der Waals surface area (Å²) in [4.78, 5) is 0. The zero-order chi connectivity index (χ0) is 12.0. The van der Waals surface area contributed by atoms with Crippen molar-refractivity contribution in [2.75, 3.05) is 0 Å². The summed E-state index contributed by atoms with van der Waals surface area (Å²) in [6, 6.07) is 0. The summed E-state index contributed by atoms with van der Waals surface area (Å²) >= 11 is 0. The number of aliphatic hydroxyl groups is 1. The molecule has 0 amide bonds. The average molecular weight is 367 g/mol. The molecule has 0 aliphatic heterocycles. The third-order valence-corrected chi connectivity index (χ3v) is 0. The number of rotatable bonds is 0.